The lowest BCUT2D eigenvalue weighted by atomic mass is 10.2. The molecule has 5 heteroatoms. The van der Waals surface area contributed by atoms with E-state index in [1.807, 2.05) is 25.2 Å². The van der Waals surface area contributed by atoms with Gasteiger partial charge in [-0.1, -0.05) is 22.0 Å². The van der Waals surface area contributed by atoms with Gasteiger partial charge >= 0.3 is 0 Å². The van der Waals surface area contributed by atoms with E-state index in [0.29, 0.717) is 16.0 Å². The van der Waals surface area contributed by atoms with Gasteiger partial charge in [-0.2, -0.15) is 0 Å². The van der Waals surface area contributed by atoms with Crippen LogP contribution >= 0.6 is 31.9 Å². The number of halogens is 3. The number of nitrogens with one attached hydrogen (secondary N) is 1. The van der Waals surface area contributed by atoms with Crippen LogP contribution in [-0.2, 0) is 6.54 Å². The fourth-order valence-corrected chi connectivity index (χ4v) is 2.35. The Balaban J connectivity index is 2.19. The number of ether oxygens (including phenoxy) is 1. The Kier molecular flexibility index (Phi) is 4.96. The molecule has 0 aliphatic heterocycles. The molecule has 0 saturated carbocycles. The third kappa shape index (κ3) is 3.78. The predicted octanol–water partition coefficient (Wildman–Crippen LogP) is 4.86. The summed E-state index contributed by atoms with van der Waals surface area (Å²) in [4.78, 5) is 0. The maximum absolute atomic E-state index is 13.4. The van der Waals surface area contributed by atoms with Crippen LogP contribution in [0.4, 0.5) is 4.39 Å². The first kappa shape index (κ1) is 14.5. The molecule has 0 aliphatic rings. The zero-order chi connectivity index (χ0) is 13.8. The lowest BCUT2D eigenvalue weighted by molar-refractivity contribution is 0.475. The van der Waals surface area contributed by atoms with E-state index < -0.39 is 0 Å². The van der Waals surface area contributed by atoms with Crippen molar-refractivity contribution < 1.29 is 9.13 Å². The molecule has 2 rings (SSSR count). The van der Waals surface area contributed by atoms with Gasteiger partial charge in [0.15, 0.2) is 0 Å². The molecule has 1 N–H and O–H groups in total. The number of hydrogen-bond acceptors (Lipinski definition) is 2. The van der Waals surface area contributed by atoms with Crippen LogP contribution in [0.2, 0.25) is 0 Å². The fraction of sp³-hybridized carbons (Fsp3) is 0.143. The van der Waals surface area contributed by atoms with Crippen LogP contribution in [-0.4, -0.2) is 7.05 Å². The van der Waals surface area contributed by atoms with E-state index >= 15 is 0 Å². The first-order valence-corrected chi connectivity index (χ1v) is 7.24. The van der Waals surface area contributed by atoms with Crippen LogP contribution < -0.4 is 10.1 Å². The molecule has 0 saturated heterocycles. The van der Waals surface area contributed by atoms with E-state index in [1.165, 1.54) is 6.07 Å². The van der Waals surface area contributed by atoms with Gasteiger partial charge in [0.05, 0.1) is 4.47 Å². The SMILES string of the molecule is CNCc1ccc(Oc2ccc(Br)c(F)c2)cc1Br. The van der Waals surface area contributed by atoms with Gasteiger partial charge in [0.2, 0.25) is 0 Å². The van der Waals surface area contributed by atoms with Gasteiger partial charge in [0.25, 0.3) is 0 Å². The minimum absolute atomic E-state index is 0.344. The van der Waals surface area contributed by atoms with Crippen molar-refractivity contribution in [1.29, 1.82) is 0 Å². The molecule has 0 fully saturated rings. The van der Waals surface area contributed by atoms with E-state index in [1.54, 1.807) is 12.1 Å². The van der Waals surface area contributed by atoms with Crippen LogP contribution in [0.1, 0.15) is 5.56 Å². The lowest BCUT2D eigenvalue weighted by Gasteiger charge is -2.09. The first-order chi connectivity index (χ1) is 9.10. The van der Waals surface area contributed by atoms with Crippen molar-refractivity contribution in [2.45, 2.75) is 6.54 Å². The Bertz CT molecular complexity index is 590. The first-order valence-electron chi connectivity index (χ1n) is 5.66. The Hall–Kier alpha value is -0.910. The Morgan fingerprint density at radius 3 is 2.37 bits per heavy atom. The van der Waals surface area contributed by atoms with Crippen molar-refractivity contribution in [3.63, 3.8) is 0 Å². The van der Waals surface area contributed by atoms with Gasteiger partial charge in [0.1, 0.15) is 17.3 Å². The highest BCUT2D eigenvalue weighted by Gasteiger charge is 2.05. The summed E-state index contributed by atoms with van der Waals surface area (Å²) in [6, 6.07) is 10.4. The molecule has 0 atom stereocenters. The van der Waals surface area contributed by atoms with Crippen LogP contribution in [0.5, 0.6) is 11.5 Å². The summed E-state index contributed by atoms with van der Waals surface area (Å²) in [5.74, 6) is 0.783. The quantitative estimate of drug-likeness (QED) is 0.807. The summed E-state index contributed by atoms with van der Waals surface area (Å²) >= 11 is 6.59. The third-order valence-electron chi connectivity index (χ3n) is 2.52. The smallest absolute Gasteiger partial charge is 0.141 e. The minimum Gasteiger partial charge on any atom is -0.457 e. The van der Waals surface area contributed by atoms with Gasteiger partial charge in [-0.3, -0.25) is 0 Å². The molecule has 0 aliphatic carbocycles. The maximum Gasteiger partial charge on any atom is 0.141 e. The van der Waals surface area contributed by atoms with Gasteiger partial charge in [-0.25, -0.2) is 4.39 Å². The number of benzene rings is 2. The summed E-state index contributed by atoms with van der Waals surface area (Å²) in [6.07, 6.45) is 0. The molecule has 19 heavy (non-hydrogen) atoms. The van der Waals surface area contributed by atoms with Gasteiger partial charge in [0, 0.05) is 17.1 Å². The van der Waals surface area contributed by atoms with Crippen LogP contribution in [0, 0.1) is 5.82 Å². The summed E-state index contributed by atoms with van der Waals surface area (Å²) in [5.41, 5.74) is 1.14. The molecule has 0 radical (unpaired) electrons. The summed E-state index contributed by atoms with van der Waals surface area (Å²) in [7, 11) is 1.89. The highest BCUT2D eigenvalue weighted by atomic mass is 79.9. The summed E-state index contributed by atoms with van der Waals surface area (Å²) in [5, 5.41) is 3.08. The standard InChI is InChI=1S/C14H12Br2FNO/c1-18-8-9-2-3-10(6-13(9)16)19-11-4-5-12(15)14(17)7-11/h2-7,18H,8H2,1H3. The molecular formula is C14H12Br2FNO. The van der Waals surface area contributed by atoms with E-state index in [9.17, 15) is 4.39 Å². The zero-order valence-electron chi connectivity index (χ0n) is 10.2. The van der Waals surface area contributed by atoms with E-state index in [-0.39, 0.29) is 5.82 Å². The van der Waals surface area contributed by atoms with Crippen LogP contribution in [0.15, 0.2) is 45.3 Å². The van der Waals surface area contributed by atoms with Crippen molar-refractivity contribution in [2.24, 2.45) is 0 Å². The Labute approximate surface area is 128 Å². The molecule has 0 bridgehead atoms. The second-order valence-corrected chi connectivity index (χ2v) is 5.67. The van der Waals surface area contributed by atoms with Crippen LogP contribution in [0.25, 0.3) is 0 Å². The van der Waals surface area contributed by atoms with Gasteiger partial charge < -0.3 is 10.1 Å². The molecule has 2 aromatic rings. The summed E-state index contributed by atoms with van der Waals surface area (Å²) in [6.45, 7) is 0.772. The fourth-order valence-electron chi connectivity index (χ4n) is 1.60. The predicted molar refractivity (Wildman–Crippen MR) is 81.1 cm³/mol. The highest BCUT2D eigenvalue weighted by Crippen LogP contribution is 2.29. The second kappa shape index (κ2) is 6.50. The highest BCUT2D eigenvalue weighted by molar-refractivity contribution is 9.10. The van der Waals surface area contributed by atoms with E-state index in [0.717, 1.165) is 16.6 Å². The van der Waals surface area contributed by atoms with Crippen LogP contribution in [0.3, 0.4) is 0 Å². The monoisotopic (exact) mass is 387 g/mol. The zero-order valence-corrected chi connectivity index (χ0v) is 13.4. The molecule has 100 valence electrons. The minimum atomic E-state index is -0.344. The normalized spacial score (nSPS) is 10.5. The average molecular weight is 389 g/mol. The lowest BCUT2D eigenvalue weighted by Crippen LogP contribution is -2.05. The van der Waals surface area contributed by atoms with Gasteiger partial charge in [-0.05, 0) is 52.8 Å². The molecule has 0 aromatic heterocycles. The van der Waals surface area contributed by atoms with Crippen molar-refractivity contribution in [3.05, 3.63) is 56.7 Å². The average Bonchev–Trinajstić information content (AvgIpc) is 2.37. The van der Waals surface area contributed by atoms with Crippen molar-refractivity contribution in [3.8, 4) is 11.5 Å². The second-order valence-electron chi connectivity index (χ2n) is 3.96. The van der Waals surface area contributed by atoms with Gasteiger partial charge in [-0.15, -0.1) is 0 Å². The van der Waals surface area contributed by atoms with E-state index in [2.05, 4.69) is 37.2 Å². The molecule has 2 aromatic carbocycles. The van der Waals surface area contributed by atoms with E-state index in [4.69, 9.17) is 4.74 Å². The van der Waals surface area contributed by atoms with Crippen molar-refractivity contribution in [2.75, 3.05) is 7.05 Å². The molecule has 0 spiro atoms. The maximum atomic E-state index is 13.4. The molecular weight excluding hydrogens is 377 g/mol. The van der Waals surface area contributed by atoms with Crippen molar-refractivity contribution >= 4 is 31.9 Å². The molecule has 0 amide bonds. The number of rotatable bonds is 4. The number of hydrogen-bond donors (Lipinski definition) is 1. The Morgan fingerprint density at radius 1 is 1.05 bits per heavy atom. The molecule has 0 heterocycles. The topological polar surface area (TPSA) is 21.3 Å². The largest absolute Gasteiger partial charge is 0.457 e. The molecule has 0 unspecified atom stereocenters. The summed E-state index contributed by atoms with van der Waals surface area (Å²) < 4.78 is 20.4. The van der Waals surface area contributed by atoms with Crippen molar-refractivity contribution in [1.82, 2.24) is 5.32 Å². The molecule has 2 nitrogen and oxygen atoms in total. The Morgan fingerprint density at radius 2 is 1.74 bits per heavy atom. The third-order valence-corrected chi connectivity index (χ3v) is 3.90.